The van der Waals surface area contributed by atoms with Crippen LogP contribution in [0, 0.1) is 12.8 Å². The van der Waals surface area contributed by atoms with Crippen molar-refractivity contribution in [2.75, 3.05) is 0 Å². The van der Waals surface area contributed by atoms with E-state index in [1.54, 1.807) is 0 Å². The Bertz CT molecular complexity index is 609. The summed E-state index contributed by atoms with van der Waals surface area (Å²) < 4.78 is 2.29. The van der Waals surface area contributed by atoms with E-state index in [-0.39, 0.29) is 0 Å². The Balaban J connectivity index is 1.81. The molecule has 21 heavy (non-hydrogen) atoms. The molecule has 1 heterocycles. The van der Waals surface area contributed by atoms with Crippen molar-refractivity contribution < 1.29 is 4.57 Å². The zero-order chi connectivity index (χ0) is 14.7. The van der Waals surface area contributed by atoms with Crippen molar-refractivity contribution in [3.05, 3.63) is 53.7 Å². The summed E-state index contributed by atoms with van der Waals surface area (Å²) in [6.07, 6.45) is 10.7. The van der Waals surface area contributed by atoms with Crippen molar-refractivity contribution in [1.82, 2.24) is 0 Å². The van der Waals surface area contributed by atoms with Gasteiger partial charge in [-0.15, -0.1) is 0 Å². The first-order chi connectivity index (χ1) is 10.2. The lowest BCUT2D eigenvalue weighted by Gasteiger charge is -2.21. The molecular weight excluding hydrogens is 254 g/mol. The molecule has 3 rings (SSSR count). The number of nitrogens with zero attached hydrogens (tertiary/aromatic N) is 1. The fraction of sp³-hybridized carbons (Fsp3) is 0.450. The van der Waals surface area contributed by atoms with Crippen LogP contribution in [0.15, 0.2) is 42.6 Å². The third kappa shape index (κ3) is 3.34. The Labute approximate surface area is 128 Å². The number of benzene rings is 1. The monoisotopic (exact) mass is 280 g/mol. The molecule has 0 unspecified atom stereocenters. The first-order valence-electron chi connectivity index (χ1n) is 8.28. The van der Waals surface area contributed by atoms with Crippen molar-refractivity contribution in [2.24, 2.45) is 13.0 Å². The Morgan fingerprint density at radius 2 is 1.76 bits per heavy atom. The predicted octanol–water partition coefficient (Wildman–Crippen LogP) is 4.61. The SMILES string of the molecule is Cc1ccccc1-c1ccc(CC2CCCCC2)c[n+]1C. The molecule has 1 nitrogen and oxygen atoms in total. The lowest BCUT2D eigenvalue weighted by Crippen LogP contribution is -2.31. The van der Waals surface area contributed by atoms with Crippen molar-refractivity contribution in [3.63, 3.8) is 0 Å². The van der Waals surface area contributed by atoms with Crippen LogP contribution in [-0.2, 0) is 13.5 Å². The second kappa shape index (κ2) is 6.43. The van der Waals surface area contributed by atoms with Crippen LogP contribution in [0.2, 0.25) is 0 Å². The predicted molar refractivity (Wildman–Crippen MR) is 88.1 cm³/mol. The molecule has 0 spiro atoms. The molecule has 1 aromatic carbocycles. The van der Waals surface area contributed by atoms with Crippen molar-refractivity contribution in [1.29, 1.82) is 0 Å². The van der Waals surface area contributed by atoms with Gasteiger partial charge < -0.3 is 0 Å². The molecule has 1 fully saturated rings. The highest BCUT2D eigenvalue weighted by atomic mass is 14.9. The maximum absolute atomic E-state index is 2.33. The molecule has 1 heteroatoms. The molecule has 0 atom stereocenters. The van der Waals surface area contributed by atoms with Crippen molar-refractivity contribution in [2.45, 2.75) is 45.4 Å². The van der Waals surface area contributed by atoms with Crippen LogP contribution in [-0.4, -0.2) is 0 Å². The first kappa shape index (κ1) is 14.3. The average Bonchev–Trinajstić information content (AvgIpc) is 2.50. The van der Waals surface area contributed by atoms with Crippen molar-refractivity contribution in [3.8, 4) is 11.3 Å². The molecule has 1 aromatic heterocycles. The summed E-state index contributed by atoms with van der Waals surface area (Å²) in [7, 11) is 2.17. The molecule has 0 amide bonds. The minimum Gasteiger partial charge on any atom is -0.201 e. The van der Waals surface area contributed by atoms with Crippen LogP contribution in [0.3, 0.4) is 0 Å². The summed E-state index contributed by atoms with van der Waals surface area (Å²) in [6.45, 7) is 2.19. The third-order valence-corrected chi connectivity index (χ3v) is 4.86. The summed E-state index contributed by atoms with van der Waals surface area (Å²) in [5, 5.41) is 0. The van der Waals surface area contributed by atoms with Gasteiger partial charge in [-0.1, -0.05) is 50.3 Å². The summed E-state index contributed by atoms with van der Waals surface area (Å²) in [5.41, 5.74) is 5.47. The first-order valence-corrected chi connectivity index (χ1v) is 8.28. The summed E-state index contributed by atoms with van der Waals surface area (Å²) in [5.74, 6) is 0.906. The van der Waals surface area contributed by atoms with Crippen LogP contribution in [0.1, 0.15) is 43.2 Å². The number of aryl methyl sites for hydroxylation is 2. The molecule has 0 bridgehead atoms. The quantitative estimate of drug-likeness (QED) is 0.723. The third-order valence-electron chi connectivity index (χ3n) is 4.86. The van der Waals surface area contributed by atoms with E-state index in [2.05, 4.69) is 61.1 Å². The summed E-state index contributed by atoms with van der Waals surface area (Å²) >= 11 is 0. The van der Waals surface area contributed by atoms with E-state index < -0.39 is 0 Å². The van der Waals surface area contributed by atoms with Gasteiger partial charge in [0.1, 0.15) is 7.05 Å². The number of rotatable bonds is 3. The molecule has 0 radical (unpaired) electrons. The molecule has 110 valence electrons. The summed E-state index contributed by atoms with van der Waals surface area (Å²) in [6, 6.07) is 13.3. The smallest absolute Gasteiger partial charge is 0.201 e. The largest absolute Gasteiger partial charge is 0.212 e. The van der Waals surface area contributed by atoms with E-state index >= 15 is 0 Å². The second-order valence-corrected chi connectivity index (χ2v) is 6.56. The van der Waals surface area contributed by atoms with E-state index in [0.29, 0.717) is 0 Å². The van der Waals surface area contributed by atoms with Gasteiger partial charge in [0, 0.05) is 17.2 Å². The van der Waals surface area contributed by atoms with Crippen LogP contribution in [0.5, 0.6) is 0 Å². The topological polar surface area (TPSA) is 3.88 Å². The Kier molecular flexibility index (Phi) is 4.38. The van der Waals surface area contributed by atoms with Crippen molar-refractivity contribution >= 4 is 0 Å². The van der Waals surface area contributed by atoms with Gasteiger partial charge in [0.15, 0.2) is 6.20 Å². The van der Waals surface area contributed by atoms with Gasteiger partial charge in [0.2, 0.25) is 5.69 Å². The number of pyridine rings is 1. The zero-order valence-electron chi connectivity index (χ0n) is 13.3. The molecule has 1 saturated carbocycles. The number of hydrogen-bond donors (Lipinski definition) is 0. The maximum atomic E-state index is 2.33. The fourth-order valence-corrected chi connectivity index (χ4v) is 3.65. The van der Waals surface area contributed by atoms with Gasteiger partial charge in [-0.3, -0.25) is 0 Å². The molecule has 2 aromatic rings. The maximum Gasteiger partial charge on any atom is 0.212 e. The molecule has 0 saturated heterocycles. The molecular formula is C20H26N+. The lowest BCUT2D eigenvalue weighted by atomic mass is 9.85. The van der Waals surface area contributed by atoms with E-state index in [1.165, 1.54) is 60.9 Å². The van der Waals surface area contributed by atoms with Crippen LogP contribution < -0.4 is 4.57 Å². The normalized spacial score (nSPS) is 16.1. The molecule has 1 aliphatic carbocycles. The van der Waals surface area contributed by atoms with Gasteiger partial charge >= 0.3 is 0 Å². The average molecular weight is 280 g/mol. The van der Waals surface area contributed by atoms with Gasteiger partial charge in [-0.25, -0.2) is 4.57 Å². The summed E-state index contributed by atoms with van der Waals surface area (Å²) in [4.78, 5) is 0. The van der Waals surface area contributed by atoms with Crippen LogP contribution >= 0.6 is 0 Å². The standard InChI is InChI=1S/C20H26N/c1-16-8-6-7-11-19(16)20-13-12-18(15-21(20)2)14-17-9-4-3-5-10-17/h6-8,11-13,15,17H,3-5,9-10,14H2,1-2H3/q+1. The minimum atomic E-state index is 0.906. The number of aromatic nitrogens is 1. The van der Waals surface area contributed by atoms with E-state index in [4.69, 9.17) is 0 Å². The zero-order valence-corrected chi connectivity index (χ0v) is 13.3. The van der Waals surface area contributed by atoms with Gasteiger partial charge in [0.05, 0.1) is 0 Å². The lowest BCUT2D eigenvalue weighted by molar-refractivity contribution is -0.660. The van der Waals surface area contributed by atoms with Gasteiger partial charge in [0.25, 0.3) is 0 Å². The van der Waals surface area contributed by atoms with E-state index in [1.807, 2.05) is 0 Å². The van der Waals surface area contributed by atoms with Gasteiger partial charge in [-0.05, 0) is 37.0 Å². The van der Waals surface area contributed by atoms with Gasteiger partial charge in [-0.2, -0.15) is 0 Å². The van der Waals surface area contributed by atoms with Crippen LogP contribution in [0.4, 0.5) is 0 Å². The molecule has 0 aliphatic heterocycles. The fourth-order valence-electron chi connectivity index (χ4n) is 3.65. The molecule has 0 N–H and O–H groups in total. The second-order valence-electron chi connectivity index (χ2n) is 6.56. The Hall–Kier alpha value is -1.63. The van der Waals surface area contributed by atoms with Crippen LogP contribution in [0.25, 0.3) is 11.3 Å². The minimum absolute atomic E-state index is 0.906. The highest BCUT2D eigenvalue weighted by Gasteiger charge is 2.17. The van der Waals surface area contributed by atoms with E-state index in [0.717, 1.165) is 5.92 Å². The highest BCUT2D eigenvalue weighted by Crippen LogP contribution is 2.27. The Morgan fingerprint density at radius 1 is 1.00 bits per heavy atom. The number of hydrogen-bond acceptors (Lipinski definition) is 0. The highest BCUT2D eigenvalue weighted by molar-refractivity contribution is 5.60. The Morgan fingerprint density at radius 3 is 2.48 bits per heavy atom. The van der Waals surface area contributed by atoms with E-state index in [9.17, 15) is 0 Å². The molecule has 1 aliphatic rings.